The zero-order valence-corrected chi connectivity index (χ0v) is 10.1. The van der Waals surface area contributed by atoms with Gasteiger partial charge in [0.2, 0.25) is 0 Å². The number of non-ortho nitro benzene ring substituents is 1. The van der Waals surface area contributed by atoms with Crippen LogP contribution in [0.5, 0.6) is 0 Å². The Kier molecular flexibility index (Phi) is 4.53. The van der Waals surface area contributed by atoms with Crippen molar-refractivity contribution in [1.29, 1.82) is 0 Å². The third-order valence-electron chi connectivity index (χ3n) is 2.63. The van der Waals surface area contributed by atoms with Crippen LogP contribution in [0.2, 0.25) is 5.02 Å². The van der Waals surface area contributed by atoms with Crippen LogP contribution in [-0.2, 0) is 0 Å². The van der Waals surface area contributed by atoms with E-state index in [0.717, 1.165) is 24.9 Å². The van der Waals surface area contributed by atoms with Crippen LogP contribution in [0.15, 0.2) is 18.2 Å². The fraction of sp³-hybridized carbons (Fsp3) is 0.400. The molecule has 0 spiro atoms. The van der Waals surface area contributed by atoms with Crippen molar-refractivity contribution >= 4 is 29.7 Å². The topological polar surface area (TPSA) is 55.2 Å². The number of nitrogens with one attached hydrogen (secondary N) is 1. The molecule has 1 fully saturated rings. The summed E-state index contributed by atoms with van der Waals surface area (Å²) in [6, 6.07) is 4.75. The molecule has 1 aromatic carbocycles. The number of nitrogens with zero attached hydrogens (tertiary/aromatic N) is 1. The van der Waals surface area contributed by atoms with Crippen molar-refractivity contribution in [2.45, 2.75) is 18.9 Å². The van der Waals surface area contributed by atoms with E-state index in [9.17, 15) is 10.1 Å². The van der Waals surface area contributed by atoms with Gasteiger partial charge in [-0.2, -0.15) is 0 Å². The van der Waals surface area contributed by atoms with Crippen LogP contribution in [0.25, 0.3) is 0 Å². The lowest BCUT2D eigenvalue weighted by Gasteiger charge is -2.11. The standard InChI is InChI=1S/C10H11ClN2O2.ClH/c11-9-4-3-7(13(14)15)6-8(9)10-2-1-5-12-10;/h3-4,6,10,12H,1-2,5H2;1H/t10-;/m1./s1. The molecule has 4 nitrogen and oxygen atoms in total. The van der Waals surface area contributed by atoms with Crippen molar-refractivity contribution in [3.63, 3.8) is 0 Å². The summed E-state index contributed by atoms with van der Waals surface area (Å²) in [6.07, 6.45) is 2.07. The van der Waals surface area contributed by atoms with Gasteiger partial charge in [0.1, 0.15) is 0 Å². The van der Waals surface area contributed by atoms with E-state index < -0.39 is 4.92 Å². The molecule has 0 saturated carbocycles. The number of halogens is 2. The summed E-state index contributed by atoms with van der Waals surface area (Å²) in [5.74, 6) is 0. The summed E-state index contributed by atoms with van der Waals surface area (Å²) < 4.78 is 0. The van der Waals surface area contributed by atoms with Gasteiger partial charge in [-0.15, -0.1) is 12.4 Å². The van der Waals surface area contributed by atoms with Crippen molar-refractivity contribution in [2.24, 2.45) is 0 Å². The highest BCUT2D eigenvalue weighted by Crippen LogP contribution is 2.31. The molecular weight excluding hydrogens is 251 g/mol. The second-order valence-corrected chi connectivity index (χ2v) is 4.02. The molecule has 1 saturated heterocycles. The van der Waals surface area contributed by atoms with E-state index in [2.05, 4.69) is 5.32 Å². The van der Waals surface area contributed by atoms with Crippen molar-refractivity contribution in [3.8, 4) is 0 Å². The lowest BCUT2D eigenvalue weighted by atomic mass is 10.0. The summed E-state index contributed by atoms with van der Waals surface area (Å²) in [5, 5.41) is 14.5. The van der Waals surface area contributed by atoms with Gasteiger partial charge in [0.25, 0.3) is 5.69 Å². The first-order valence-electron chi connectivity index (χ1n) is 4.85. The van der Waals surface area contributed by atoms with Crippen molar-refractivity contribution < 1.29 is 4.92 Å². The van der Waals surface area contributed by atoms with Gasteiger partial charge >= 0.3 is 0 Å². The maximum Gasteiger partial charge on any atom is 0.269 e. The van der Waals surface area contributed by atoms with Crippen LogP contribution in [-0.4, -0.2) is 11.5 Å². The Bertz CT molecular complexity index is 392. The number of rotatable bonds is 2. The van der Waals surface area contributed by atoms with Gasteiger partial charge in [-0.25, -0.2) is 0 Å². The molecule has 0 bridgehead atoms. The summed E-state index contributed by atoms with van der Waals surface area (Å²) in [7, 11) is 0. The highest BCUT2D eigenvalue weighted by atomic mass is 35.5. The number of benzene rings is 1. The molecule has 1 aromatic rings. The van der Waals surface area contributed by atoms with E-state index in [1.807, 2.05) is 0 Å². The SMILES string of the molecule is Cl.O=[N+]([O-])c1ccc(Cl)c([C@H]2CCCN2)c1. The Hall–Kier alpha value is -0.840. The Balaban J connectivity index is 0.00000128. The summed E-state index contributed by atoms with van der Waals surface area (Å²) >= 11 is 6.02. The van der Waals surface area contributed by atoms with E-state index in [-0.39, 0.29) is 24.1 Å². The monoisotopic (exact) mass is 262 g/mol. The number of hydrogen-bond donors (Lipinski definition) is 1. The fourth-order valence-electron chi connectivity index (χ4n) is 1.86. The zero-order chi connectivity index (χ0) is 10.8. The Morgan fingerprint density at radius 3 is 2.81 bits per heavy atom. The molecule has 1 aliphatic heterocycles. The Morgan fingerprint density at radius 2 is 2.25 bits per heavy atom. The molecule has 1 aliphatic rings. The van der Waals surface area contributed by atoms with Gasteiger partial charge in [-0.1, -0.05) is 11.6 Å². The maximum absolute atomic E-state index is 10.6. The fourth-order valence-corrected chi connectivity index (χ4v) is 2.11. The first kappa shape index (κ1) is 13.2. The lowest BCUT2D eigenvalue weighted by Crippen LogP contribution is -2.13. The van der Waals surface area contributed by atoms with Crippen LogP contribution in [0.4, 0.5) is 5.69 Å². The minimum absolute atomic E-state index is 0. The summed E-state index contributed by atoms with van der Waals surface area (Å²) in [4.78, 5) is 10.2. The minimum atomic E-state index is -0.394. The summed E-state index contributed by atoms with van der Waals surface area (Å²) in [6.45, 7) is 0.948. The molecule has 2 rings (SSSR count). The normalized spacial score (nSPS) is 19.2. The highest BCUT2D eigenvalue weighted by molar-refractivity contribution is 6.31. The zero-order valence-electron chi connectivity index (χ0n) is 8.48. The van der Waals surface area contributed by atoms with E-state index >= 15 is 0 Å². The molecule has 6 heteroatoms. The van der Waals surface area contributed by atoms with Gasteiger partial charge in [-0.05, 0) is 31.0 Å². The minimum Gasteiger partial charge on any atom is -0.310 e. The van der Waals surface area contributed by atoms with E-state index in [1.165, 1.54) is 6.07 Å². The molecule has 1 heterocycles. The van der Waals surface area contributed by atoms with Crippen LogP contribution in [0.1, 0.15) is 24.4 Å². The Labute approximate surface area is 105 Å². The van der Waals surface area contributed by atoms with Crippen LogP contribution >= 0.6 is 24.0 Å². The smallest absolute Gasteiger partial charge is 0.269 e. The molecule has 16 heavy (non-hydrogen) atoms. The van der Waals surface area contributed by atoms with Gasteiger partial charge < -0.3 is 5.32 Å². The average Bonchev–Trinajstić information content (AvgIpc) is 2.71. The average molecular weight is 263 g/mol. The third kappa shape index (κ3) is 2.64. The Morgan fingerprint density at radius 1 is 1.50 bits per heavy atom. The second-order valence-electron chi connectivity index (χ2n) is 3.61. The predicted molar refractivity (Wildman–Crippen MR) is 65.3 cm³/mol. The van der Waals surface area contributed by atoms with Gasteiger partial charge in [0, 0.05) is 23.2 Å². The quantitative estimate of drug-likeness (QED) is 0.658. The molecule has 88 valence electrons. The van der Waals surface area contributed by atoms with Gasteiger partial charge in [0.15, 0.2) is 0 Å². The van der Waals surface area contributed by atoms with E-state index in [1.54, 1.807) is 12.1 Å². The molecule has 0 aromatic heterocycles. The van der Waals surface area contributed by atoms with Crippen LogP contribution < -0.4 is 5.32 Å². The molecule has 1 atom stereocenters. The third-order valence-corrected chi connectivity index (χ3v) is 2.97. The largest absolute Gasteiger partial charge is 0.310 e. The second kappa shape index (κ2) is 5.48. The summed E-state index contributed by atoms with van der Waals surface area (Å²) in [5.41, 5.74) is 0.937. The molecule has 0 radical (unpaired) electrons. The number of nitro groups is 1. The molecule has 1 N–H and O–H groups in total. The maximum atomic E-state index is 10.6. The molecular formula is C10H12Cl2N2O2. The van der Waals surface area contributed by atoms with Gasteiger partial charge in [0.05, 0.1) is 4.92 Å². The van der Waals surface area contributed by atoms with Crippen molar-refractivity contribution in [3.05, 3.63) is 38.9 Å². The highest BCUT2D eigenvalue weighted by Gasteiger charge is 2.21. The number of hydrogen-bond acceptors (Lipinski definition) is 3. The van der Waals surface area contributed by atoms with E-state index in [0.29, 0.717) is 5.02 Å². The predicted octanol–water partition coefficient (Wildman–Crippen LogP) is 3.09. The first-order valence-corrected chi connectivity index (χ1v) is 5.23. The first-order chi connectivity index (χ1) is 7.18. The molecule has 0 unspecified atom stereocenters. The van der Waals surface area contributed by atoms with Gasteiger partial charge in [-0.3, -0.25) is 10.1 Å². The lowest BCUT2D eigenvalue weighted by molar-refractivity contribution is -0.384. The van der Waals surface area contributed by atoms with Crippen LogP contribution in [0.3, 0.4) is 0 Å². The molecule has 0 aliphatic carbocycles. The number of nitro benzene ring substituents is 1. The molecule has 0 amide bonds. The van der Waals surface area contributed by atoms with E-state index in [4.69, 9.17) is 11.6 Å². The van der Waals surface area contributed by atoms with Crippen LogP contribution in [0, 0.1) is 10.1 Å². The van der Waals surface area contributed by atoms with Crippen molar-refractivity contribution in [2.75, 3.05) is 6.54 Å². The van der Waals surface area contributed by atoms with Crippen molar-refractivity contribution in [1.82, 2.24) is 5.32 Å².